The van der Waals surface area contributed by atoms with Crippen LogP contribution in [0.3, 0.4) is 0 Å². The Labute approximate surface area is 103 Å². The number of hydrogen-bond donors (Lipinski definition) is 0. The molecule has 1 aliphatic rings. The molecule has 1 amide bonds. The van der Waals surface area contributed by atoms with E-state index in [0.29, 0.717) is 6.54 Å². The van der Waals surface area contributed by atoms with Crippen LogP contribution in [0.2, 0.25) is 0 Å². The highest BCUT2D eigenvalue weighted by Crippen LogP contribution is 2.11. The van der Waals surface area contributed by atoms with E-state index in [-0.39, 0.29) is 5.91 Å². The molecule has 17 heavy (non-hydrogen) atoms. The smallest absolute Gasteiger partial charge is 0.244 e. The Bertz CT molecular complexity index is 389. The van der Waals surface area contributed by atoms with Crippen LogP contribution in [-0.4, -0.2) is 33.7 Å². The molecule has 0 aliphatic carbocycles. The van der Waals surface area contributed by atoms with E-state index >= 15 is 0 Å². The van der Waals surface area contributed by atoms with Gasteiger partial charge in [0.25, 0.3) is 0 Å². The van der Waals surface area contributed by atoms with Gasteiger partial charge in [-0.1, -0.05) is 12.8 Å². The normalized spacial score (nSPS) is 16.9. The molecule has 4 heteroatoms. The van der Waals surface area contributed by atoms with Gasteiger partial charge >= 0.3 is 0 Å². The van der Waals surface area contributed by atoms with E-state index in [1.807, 2.05) is 29.5 Å². The first-order valence-electron chi connectivity index (χ1n) is 6.45. The van der Waals surface area contributed by atoms with E-state index < -0.39 is 0 Å². The molecule has 0 aromatic carbocycles. The van der Waals surface area contributed by atoms with Crippen molar-refractivity contribution in [3.8, 4) is 0 Å². The third-order valence-corrected chi connectivity index (χ3v) is 3.35. The predicted octanol–water partition coefficient (Wildman–Crippen LogP) is 1.90. The van der Waals surface area contributed by atoms with Crippen molar-refractivity contribution in [2.45, 2.75) is 46.1 Å². The zero-order valence-electron chi connectivity index (χ0n) is 10.8. The standard InChI is InChI=1S/C13H21N3O/c1-11-9-12(2)16(14-11)10-13(17)15-7-5-3-4-6-8-15/h9H,3-8,10H2,1-2H3. The molecule has 1 fully saturated rings. The lowest BCUT2D eigenvalue weighted by atomic mass is 10.2. The summed E-state index contributed by atoms with van der Waals surface area (Å²) >= 11 is 0. The number of carbonyl (C=O) groups is 1. The minimum absolute atomic E-state index is 0.207. The Morgan fingerprint density at radius 2 is 1.88 bits per heavy atom. The van der Waals surface area contributed by atoms with Gasteiger partial charge < -0.3 is 4.90 Å². The van der Waals surface area contributed by atoms with Crippen LogP contribution in [0.4, 0.5) is 0 Å². The Balaban J connectivity index is 1.98. The van der Waals surface area contributed by atoms with Crippen LogP contribution in [0.15, 0.2) is 6.07 Å². The van der Waals surface area contributed by atoms with E-state index in [1.54, 1.807) is 0 Å². The minimum atomic E-state index is 0.207. The monoisotopic (exact) mass is 235 g/mol. The van der Waals surface area contributed by atoms with Crippen LogP contribution in [0, 0.1) is 13.8 Å². The van der Waals surface area contributed by atoms with Gasteiger partial charge in [-0.2, -0.15) is 5.10 Å². The quantitative estimate of drug-likeness (QED) is 0.785. The predicted molar refractivity (Wildman–Crippen MR) is 66.7 cm³/mol. The first-order chi connectivity index (χ1) is 8.16. The molecular weight excluding hydrogens is 214 g/mol. The number of aryl methyl sites for hydroxylation is 2. The van der Waals surface area contributed by atoms with Crippen LogP contribution < -0.4 is 0 Å². The lowest BCUT2D eigenvalue weighted by molar-refractivity contribution is -0.132. The molecule has 2 heterocycles. The van der Waals surface area contributed by atoms with E-state index in [0.717, 1.165) is 37.3 Å². The fraction of sp³-hybridized carbons (Fsp3) is 0.692. The lowest BCUT2D eigenvalue weighted by Gasteiger charge is -2.20. The summed E-state index contributed by atoms with van der Waals surface area (Å²) in [5.74, 6) is 0.207. The zero-order valence-corrected chi connectivity index (χ0v) is 10.8. The number of nitrogens with zero attached hydrogens (tertiary/aromatic N) is 3. The van der Waals surface area contributed by atoms with Gasteiger partial charge in [-0.05, 0) is 32.8 Å². The molecule has 0 saturated carbocycles. The molecular formula is C13H21N3O. The van der Waals surface area contributed by atoms with Crippen LogP contribution >= 0.6 is 0 Å². The second-order valence-electron chi connectivity index (χ2n) is 4.88. The van der Waals surface area contributed by atoms with Crippen LogP contribution in [0.5, 0.6) is 0 Å². The summed E-state index contributed by atoms with van der Waals surface area (Å²) in [7, 11) is 0. The summed E-state index contributed by atoms with van der Waals surface area (Å²) in [6.45, 7) is 6.17. The highest BCUT2D eigenvalue weighted by atomic mass is 16.2. The maximum absolute atomic E-state index is 12.1. The van der Waals surface area contributed by atoms with E-state index in [2.05, 4.69) is 5.10 Å². The molecule has 4 nitrogen and oxygen atoms in total. The lowest BCUT2D eigenvalue weighted by Crippen LogP contribution is -2.35. The molecule has 1 aromatic rings. The SMILES string of the molecule is Cc1cc(C)n(CC(=O)N2CCCCCC2)n1. The van der Waals surface area contributed by atoms with Gasteiger partial charge in [0.2, 0.25) is 5.91 Å². The summed E-state index contributed by atoms with van der Waals surface area (Å²) in [5.41, 5.74) is 2.04. The number of rotatable bonds is 2. The van der Waals surface area contributed by atoms with Crippen molar-refractivity contribution in [2.75, 3.05) is 13.1 Å². The van der Waals surface area contributed by atoms with Gasteiger partial charge in [-0.3, -0.25) is 9.48 Å². The Morgan fingerprint density at radius 1 is 1.24 bits per heavy atom. The van der Waals surface area contributed by atoms with Crippen molar-refractivity contribution in [1.29, 1.82) is 0 Å². The number of likely N-dealkylation sites (tertiary alicyclic amines) is 1. The van der Waals surface area contributed by atoms with Crippen LogP contribution in [-0.2, 0) is 11.3 Å². The summed E-state index contributed by atoms with van der Waals surface area (Å²) in [6, 6.07) is 2.01. The molecule has 1 saturated heterocycles. The molecule has 2 rings (SSSR count). The Hall–Kier alpha value is -1.32. The van der Waals surface area contributed by atoms with Crippen molar-refractivity contribution < 1.29 is 4.79 Å². The number of carbonyl (C=O) groups excluding carboxylic acids is 1. The fourth-order valence-corrected chi connectivity index (χ4v) is 2.38. The average molecular weight is 235 g/mol. The van der Waals surface area contributed by atoms with Crippen molar-refractivity contribution in [3.63, 3.8) is 0 Å². The first kappa shape index (κ1) is 12.1. The van der Waals surface area contributed by atoms with Crippen molar-refractivity contribution >= 4 is 5.91 Å². The second kappa shape index (κ2) is 5.34. The summed E-state index contributed by atoms with van der Waals surface area (Å²) in [5, 5.41) is 4.34. The summed E-state index contributed by atoms with van der Waals surface area (Å²) < 4.78 is 1.81. The second-order valence-corrected chi connectivity index (χ2v) is 4.88. The molecule has 0 bridgehead atoms. The molecule has 1 aliphatic heterocycles. The zero-order chi connectivity index (χ0) is 12.3. The highest BCUT2D eigenvalue weighted by molar-refractivity contribution is 5.76. The van der Waals surface area contributed by atoms with Gasteiger partial charge in [-0.15, -0.1) is 0 Å². The van der Waals surface area contributed by atoms with Gasteiger partial charge in [0.05, 0.1) is 5.69 Å². The van der Waals surface area contributed by atoms with E-state index in [9.17, 15) is 4.79 Å². The highest BCUT2D eigenvalue weighted by Gasteiger charge is 2.16. The molecule has 0 atom stereocenters. The molecule has 0 unspecified atom stereocenters. The number of aromatic nitrogens is 2. The number of amides is 1. The van der Waals surface area contributed by atoms with E-state index in [1.165, 1.54) is 12.8 Å². The average Bonchev–Trinajstić information content (AvgIpc) is 2.54. The summed E-state index contributed by atoms with van der Waals surface area (Å²) in [6.07, 6.45) is 4.79. The first-order valence-corrected chi connectivity index (χ1v) is 6.45. The van der Waals surface area contributed by atoms with Gasteiger partial charge in [0, 0.05) is 18.8 Å². The van der Waals surface area contributed by atoms with Gasteiger partial charge in [0.15, 0.2) is 0 Å². The maximum Gasteiger partial charge on any atom is 0.244 e. The van der Waals surface area contributed by atoms with Crippen LogP contribution in [0.25, 0.3) is 0 Å². The van der Waals surface area contributed by atoms with Crippen molar-refractivity contribution in [2.24, 2.45) is 0 Å². The molecule has 0 spiro atoms. The summed E-state index contributed by atoms with van der Waals surface area (Å²) in [4.78, 5) is 14.1. The third-order valence-electron chi connectivity index (χ3n) is 3.35. The third kappa shape index (κ3) is 3.08. The van der Waals surface area contributed by atoms with Gasteiger partial charge in [-0.25, -0.2) is 0 Å². The molecule has 1 aromatic heterocycles. The van der Waals surface area contributed by atoms with Crippen LogP contribution in [0.1, 0.15) is 37.1 Å². The Morgan fingerprint density at radius 3 is 2.41 bits per heavy atom. The Kier molecular flexibility index (Phi) is 3.82. The minimum Gasteiger partial charge on any atom is -0.341 e. The molecule has 0 N–H and O–H groups in total. The number of hydrogen-bond acceptors (Lipinski definition) is 2. The van der Waals surface area contributed by atoms with E-state index in [4.69, 9.17) is 0 Å². The topological polar surface area (TPSA) is 38.1 Å². The molecule has 94 valence electrons. The van der Waals surface area contributed by atoms with Gasteiger partial charge in [0.1, 0.15) is 6.54 Å². The fourth-order valence-electron chi connectivity index (χ4n) is 2.38. The maximum atomic E-state index is 12.1. The molecule has 0 radical (unpaired) electrons. The largest absolute Gasteiger partial charge is 0.341 e. The van der Waals surface area contributed by atoms with Crippen molar-refractivity contribution in [3.05, 3.63) is 17.5 Å². The van der Waals surface area contributed by atoms with Crippen molar-refractivity contribution in [1.82, 2.24) is 14.7 Å².